The molecule has 21 heavy (non-hydrogen) atoms. The molecule has 112 valence electrons. The van der Waals surface area contributed by atoms with E-state index in [1.54, 1.807) is 24.1 Å². The van der Waals surface area contributed by atoms with Gasteiger partial charge in [-0.1, -0.05) is 0 Å². The Hall–Kier alpha value is -2.84. The second kappa shape index (κ2) is 6.55. The van der Waals surface area contributed by atoms with Crippen molar-refractivity contribution in [2.75, 3.05) is 0 Å². The first-order chi connectivity index (χ1) is 10.0. The number of carboxylic acid groups (broad SMARTS) is 1. The molecule has 0 bridgehead atoms. The van der Waals surface area contributed by atoms with Gasteiger partial charge in [0.05, 0.1) is 12.5 Å². The zero-order valence-electron chi connectivity index (χ0n) is 11.4. The van der Waals surface area contributed by atoms with Crippen LogP contribution in [0.2, 0.25) is 0 Å². The number of aryl methyl sites for hydroxylation is 1. The number of carbonyl (C=O) groups excluding carboxylic acids is 1. The van der Waals surface area contributed by atoms with Crippen LogP contribution < -0.4 is 10.6 Å². The van der Waals surface area contributed by atoms with E-state index in [4.69, 9.17) is 5.11 Å². The van der Waals surface area contributed by atoms with Crippen LogP contribution in [0.3, 0.4) is 0 Å². The highest BCUT2D eigenvalue weighted by atomic mass is 16.4. The Kier molecular flexibility index (Phi) is 4.54. The zero-order valence-corrected chi connectivity index (χ0v) is 11.4. The number of aromatic amines is 1. The topological polar surface area (TPSA) is 125 Å². The maximum absolute atomic E-state index is 11.7. The van der Waals surface area contributed by atoms with Crippen molar-refractivity contribution < 1.29 is 14.7 Å². The van der Waals surface area contributed by atoms with Crippen LogP contribution >= 0.6 is 0 Å². The number of rotatable bonds is 6. The molecule has 0 spiro atoms. The first-order valence-corrected chi connectivity index (χ1v) is 6.26. The summed E-state index contributed by atoms with van der Waals surface area (Å²) in [5.74, 6) is -1.11. The van der Waals surface area contributed by atoms with Crippen molar-refractivity contribution in [3.8, 4) is 0 Å². The van der Waals surface area contributed by atoms with E-state index in [9.17, 15) is 9.59 Å². The van der Waals surface area contributed by atoms with Crippen LogP contribution in [-0.4, -0.2) is 42.9 Å². The van der Waals surface area contributed by atoms with Gasteiger partial charge in [0.2, 0.25) is 0 Å². The molecule has 0 saturated heterocycles. The fraction of sp³-hybridized carbons (Fsp3) is 0.333. The standard InChI is InChI=1S/C12H16N6O3/c1-18-6-8(4-16-18)3-14-12(21)17-10(11(19)20)2-9-5-13-7-15-9/h4-7,10H,2-3H2,1H3,(H,13,15)(H,19,20)(H2,14,17,21)/t10-/m0/s1. The lowest BCUT2D eigenvalue weighted by Gasteiger charge is -2.14. The predicted octanol–water partition coefficient (Wildman–Crippen LogP) is -0.362. The molecule has 0 unspecified atom stereocenters. The molecule has 0 saturated carbocycles. The number of urea groups is 1. The third-order valence-electron chi connectivity index (χ3n) is 2.79. The molecule has 2 heterocycles. The summed E-state index contributed by atoms with van der Waals surface area (Å²) in [6, 6.07) is -1.58. The van der Waals surface area contributed by atoms with Gasteiger partial charge in [0.15, 0.2) is 0 Å². The highest BCUT2D eigenvalue weighted by molar-refractivity contribution is 5.82. The van der Waals surface area contributed by atoms with Gasteiger partial charge < -0.3 is 20.7 Å². The largest absolute Gasteiger partial charge is 0.480 e. The quantitative estimate of drug-likeness (QED) is 0.578. The highest BCUT2D eigenvalue weighted by Gasteiger charge is 2.20. The number of hydrogen-bond acceptors (Lipinski definition) is 4. The fourth-order valence-electron chi connectivity index (χ4n) is 1.77. The second-order valence-electron chi connectivity index (χ2n) is 4.52. The molecule has 0 aliphatic rings. The lowest BCUT2D eigenvalue weighted by atomic mass is 10.2. The summed E-state index contributed by atoms with van der Waals surface area (Å²) >= 11 is 0. The fourth-order valence-corrected chi connectivity index (χ4v) is 1.77. The van der Waals surface area contributed by atoms with E-state index in [0.29, 0.717) is 5.69 Å². The molecule has 2 rings (SSSR count). The van der Waals surface area contributed by atoms with Crippen molar-refractivity contribution in [1.82, 2.24) is 30.4 Å². The van der Waals surface area contributed by atoms with E-state index in [-0.39, 0.29) is 13.0 Å². The Morgan fingerprint density at radius 2 is 2.29 bits per heavy atom. The lowest BCUT2D eigenvalue weighted by Crippen LogP contribution is -2.46. The van der Waals surface area contributed by atoms with E-state index in [0.717, 1.165) is 5.56 Å². The van der Waals surface area contributed by atoms with Crippen molar-refractivity contribution in [3.05, 3.63) is 36.2 Å². The van der Waals surface area contributed by atoms with Gasteiger partial charge in [0, 0.05) is 43.7 Å². The summed E-state index contributed by atoms with van der Waals surface area (Å²) in [5.41, 5.74) is 1.46. The van der Waals surface area contributed by atoms with Crippen molar-refractivity contribution in [3.63, 3.8) is 0 Å². The first-order valence-electron chi connectivity index (χ1n) is 6.26. The minimum absolute atomic E-state index is 0.135. The van der Waals surface area contributed by atoms with Gasteiger partial charge in [0.1, 0.15) is 6.04 Å². The average Bonchev–Trinajstić information content (AvgIpc) is 3.07. The molecule has 0 aliphatic carbocycles. The summed E-state index contributed by atoms with van der Waals surface area (Å²) in [6.45, 7) is 0.274. The first kappa shape index (κ1) is 14.6. The number of aliphatic carboxylic acids is 1. The van der Waals surface area contributed by atoms with Gasteiger partial charge in [-0.15, -0.1) is 0 Å². The molecular weight excluding hydrogens is 276 g/mol. The van der Waals surface area contributed by atoms with Gasteiger partial charge in [0.25, 0.3) is 0 Å². The van der Waals surface area contributed by atoms with Crippen LogP contribution in [0, 0.1) is 0 Å². The minimum Gasteiger partial charge on any atom is -0.480 e. The van der Waals surface area contributed by atoms with E-state index in [1.165, 1.54) is 12.5 Å². The average molecular weight is 292 g/mol. The van der Waals surface area contributed by atoms with E-state index in [1.807, 2.05) is 0 Å². The highest BCUT2D eigenvalue weighted by Crippen LogP contribution is 1.99. The minimum atomic E-state index is -1.11. The summed E-state index contributed by atoms with van der Waals surface area (Å²) in [4.78, 5) is 29.5. The predicted molar refractivity (Wildman–Crippen MR) is 72.3 cm³/mol. The van der Waals surface area contributed by atoms with Crippen LogP contribution in [-0.2, 0) is 24.8 Å². The Labute approximate surface area is 120 Å². The normalized spacial score (nSPS) is 11.9. The van der Waals surface area contributed by atoms with E-state index >= 15 is 0 Å². The lowest BCUT2D eigenvalue weighted by molar-refractivity contribution is -0.139. The molecule has 2 aromatic rings. The van der Waals surface area contributed by atoms with E-state index < -0.39 is 18.0 Å². The number of carbonyl (C=O) groups is 2. The molecule has 0 aromatic carbocycles. The summed E-state index contributed by atoms with van der Waals surface area (Å²) in [5, 5.41) is 18.1. The van der Waals surface area contributed by atoms with Crippen LogP contribution in [0.15, 0.2) is 24.9 Å². The Bertz CT molecular complexity index is 606. The number of hydrogen-bond donors (Lipinski definition) is 4. The van der Waals surface area contributed by atoms with Crippen LogP contribution in [0.25, 0.3) is 0 Å². The van der Waals surface area contributed by atoms with Crippen molar-refractivity contribution in [1.29, 1.82) is 0 Å². The van der Waals surface area contributed by atoms with Crippen molar-refractivity contribution >= 4 is 12.0 Å². The third kappa shape index (κ3) is 4.34. The van der Waals surface area contributed by atoms with Gasteiger partial charge in [-0.3, -0.25) is 4.68 Å². The summed E-state index contributed by atoms with van der Waals surface area (Å²) < 4.78 is 1.62. The van der Waals surface area contributed by atoms with Gasteiger partial charge >= 0.3 is 12.0 Å². The summed E-state index contributed by atoms with van der Waals surface area (Å²) in [7, 11) is 1.77. The van der Waals surface area contributed by atoms with Gasteiger partial charge in [-0.2, -0.15) is 5.10 Å². The molecule has 9 heteroatoms. The maximum atomic E-state index is 11.7. The SMILES string of the molecule is Cn1cc(CNC(=O)N[C@@H](Cc2cnc[nH]2)C(=O)O)cn1. The Morgan fingerprint density at radius 3 is 2.86 bits per heavy atom. The number of H-pyrrole nitrogens is 1. The van der Waals surface area contributed by atoms with Crippen LogP contribution in [0.4, 0.5) is 4.79 Å². The smallest absolute Gasteiger partial charge is 0.326 e. The number of nitrogens with zero attached hydrogens (tertiary/aromatic N) is 3. The molecule has 4 N–H and O–H groups in total. The van der Waals surface area contributed by atoms with Gasteiger partial charge in [-0.25, -0.2) is 14.6 Å². The maximum Gasteiger partial charge on any atom is 0.326 e. The molecule has 9 nitrogen and oxygen atoms in total. The third-order valence-corrected chi connectivity index (χ3v) is 2.79. The zero-order chi connectivity index (χ0) is 15.2. The van der Waals surface area contributed by atoms with E-state index in [2.05, 4.69) is 25.7 Å². The molecule has 0 aliphatic heterocycles. The number of imidazole rings is 1. The Balaban J connectivity index is 1.84. The molecule has 1 atom stereocenters. The Morgan fingerprint density at radius 1 is 1.48 bits per heavy atom. The second-order valence-corrected chi connectivity index (χ2v) is 4.52. The summed E-state index contributed by atoms with van der Waals surface area (Å²) in [6.07, 6.45) is 6.50. The number of amides is 2. The monoisotopic (exact) mass is 292 g/mol. The molecule has 2 amide bonds. The molecule has 0 radical (unpaired) electrons. The van der Waals surface area contributed by atoms with Crippen molar-refractivity contribution in [2.45, 2.75) is 19.0 Å². The molecule has 0 fully saturated rings. The van der Waals surface area contributed by atoms with Crippen LogP contribution in [0.5, 0.6) is 0 Å². The molecule has 2 aromatic heterocycles. The van der Waals surface area contributed by atoms with Crippen molar-refractivity contribution in [2.24, 2.45) is 7.05 Å². The van der Waals surface area contributed by atoms with Crippen LogP contribution in [0.1, 0.15) is 11.3 Å². The molecular formula is C12H16N6O3. The van der Waals surface area contributed by atoms with Gasteiger partial charge in [-0.05, 0) is 0 Å². The number of aromatic nitrogens is 4. The number of nitrogens with one attached hydrogen (secondary N) is 3. The number of carboxylic acids is 1.